The van der Waals surface area contributed by atoms with Crippen LogP contribution in [0.2, 0.25) is 0 Å². The van der Waals surface area contributed by atoms with Gasteiger partial charge in [0.1, 0.15) is 0 Å². The predicted octanol–water partition coefficient (Wildman–Crippen LogP) is 0.468. The third-order valence-electron chi connectivity index (χ3n) is 2.36. The van der Waals surface area contributed by atoms with Crippen molar-refractivity contribution in [3.05, 3.63) is 24.3 Å². The van der Waals surface area contributed by atoms with Crippen LogP contribution in [0, 0.1) is 0 Å². The van der Waals surface area contributed by atoms with Crippen molar-refractivity contribution in [3.8, 4) is 0 Å². The minimum absolute atomic E-state index is 0.0483. The molecule has 0 aliphatic heterocycles. The van der Waals surface area contributed by atoms with Crippen molar-refractivity contribution in [1.82, 2.24) is 5.32 Å². The number of amides is 1. The number of anilines is 2. The number of para-hydroxylation sites is 2. The molecule has 1 aromatic rings. The number of nitrogens with two attached hydrogens (primary N) is 1. The zero-order chi connectivity index (χ0) is 12.7. The summed E-state index contributed by atoms with van der Waals surface area (Å²) in [5.41, 5.74) is 7.35. The first-order valence-electron chi connectivity index (χ1n) is 5.46. The predicted molar refractivity (Wildman–Crippen MR) is 69.0 cm³/mol. The molecule has 1 rings (SSSR count). The van der Waals surface area contributed by atoms with Gasteiger partial charge in [-0.25, -0.2) is 0 Å². The summed E-state index contributed by atoms with van der Waals surface area (Å²) in [4.78, 5) is 13.4. The Morgan fingerprint density at radius 2 is 2.18 bits per heavy atom. The molecule has 0 fully saturated rings. The second kappa shape index (κ2) is 6.75. The number of carbonyl (C=O) groups excluding carboxylic acids is 1. The first-order chi connectivity index (χ1) is 8.15. The lowest BCUT2D eigenvalue weighted by Crippen LogP contribution is -2.36. The summed E-state index contributed by atoms with van der Waals surface area (Å²) in [6, 6.07) is 7.46. The van der Waals surface area contributed by atoms with E-state index in [4.69, 9.17) is 10.5 Å². The molecule has 0 saturated heterocycles. The van der Waals surface area contributed by atoms with E-state index in [0.29, 0.717) is 18.8 Å². The van der Waals surface area contributed by atoms with Gasteiger partial charge in [-0.2, -0.15) is 0 Å². The summed E-state index contributed by atoms with van der Waals surface area (Å²) < 4.78 is 4.85. The van der Waals surface area contributed by atoms with E-state index in [-0.39, 0.29) is 12.5 Å². The van der Waals surface area contributed by atoms with Crippen molar-refractivity contribution < 1.29 is 9.53 Å². The molecule has 3 N–H and O–H groups in total. The lowest BCUT2D eigenvalue weighted by atomic mass is 10.2. The van der Waals surface area contributed by atoms with Crippen LogP contribution in [0.3, 0.4) is 0 Å². The average molecular weight is 237 g/mol. The van der Waals surface area contributed by atoms with Crippen molar-refractivity contribution in [1.29, 1.82) is 0 Å². The molecule has 5 heteroatoms. The summed E-state index contributed by atoms with van der Waals surface area (Å²) in [5, 5.41) is 2.76. The Kier molecular flexibility index (Phi) is 5.29. The molecule has 17 heavy (non-hydrogen) atoms. The third-order valence-corrected chi connectivity index (χ3v) is 2.36. The third kappa shape index (κ3) is 4.32. The quantitative estimate of drug-likeness (QED) is 0.557. The van der Waals surface area contributed by atoms with Gasteiger partial charge in [0.2, 0.25) is 5.91 Å². The standard InChI is InChI=1S/C12H19N3O2/c1-15(9-12(16)14-7-8-17-2)11-6-4-3-5-10(11)13/h3-6H,7-9,13H2,1-2H3,(H,14,16). The van der Waals surface area contributed by atoms with Crippen LogP contribution in [-0.2, 0) is 9.53 Å². The van der Waals surface area contributed by atoms with Gasteiger partial charge in [-0.1, -0.05) is 12.1 Å². The number of nitrogens with one attached hydrogen (secondary N) is 1. The number of carbonyl (C=O) groups is 1. The highest BCUT2D eigenvalue weighted by Crippen LogP contribution is 2.20. The maximum absolute atomic E-state index is 11.6. The minimum atomic E-state index is -0.0483. The van der Waals surface area contributed by atoms with Crippen LogP contribution in [0.5, 0.6) is 0 Å². The molecule has 0 saturated carbocycles. The lowest BCUT2D eigenvalue weighted by molar-refractivity contribution is -0.119. The molecule has 0 bridgehead atoms. The van der Waals surface area contributed by atoms with Crippen LogP contribution in [0.25, 0.3) is 0 Å². The molecule has 0 heterocycles. The van der Waals surface area contributed by atoms with Gasteiger partial charge in [0, 0.05) is 20.7 Å². The molecule has 0 unspecified atom stereocenters. The van der Waals surface area contributed by atoms with E-state index in [1.807, 2.05) is 36.2 Å². The zero-order valence-corrected chi connectivity index (χ0v) is 10.3. The Morgan fingerprint density at radius 3 is 2.82 bits per heavy atom. The molecule has 5 nitrogen and oxygen atoms in total. The zero-order valence-electron chi connectivity index (χ0n) is 10.3. The molecular weight excluding hydrogens is 218 g/mol. The Bertz CT molecular complexity index is 369. The minimum Gasteiger partial charge on any atom is -0.397 e. The van der Waals surface area contributed by atoms with Crippen LogP contribution in [0.1, 0.15) is 0 Å². The van der Waals surface area contributed by atoms with E-state index in [0.717, 1.165) is 5.69 Å². The first kappa shape index (κ1) is 13.3. The Hall–Kier alpha value is -1.75. The number of ether oxygens (including phenoxy) is 1. The topological polar surface area (TPSA) is 67.6 Å². The fourth-order valence-corrected chi connectivity index (χ4v) is 1.48. The SMILES string of the molecule is COCCNC(=O)CN(C)c1ccccc1N. The highest BCUT2D eigenvalue weighted by molar-refractivity contribution is 5.82. The molecule has 0 aromatic heterocycles. The van der Waals surface area contributed by atoms with Crippen molar-refractivity contribution >= 4 is 17.3 Å². The first-order valence-corrected chi connectivity index (χ1v) is 5.46. The van der Waals surface area contributed by atoms with E-state index >= 15 is 0 Å². The van der Waals surface area contributed by atoms with Gasteiger partial charge in [0.05, 0.1) is 24.5 Å². The summed E-state index contributed by atoms with van der Waals surface area (Å²) >= 11 is 0. The molecule has 1 amide bonds. The summed E-state index contributed by atoms with van der Waals surface area (Å²) in [6.45, 7) is 1.31. The average Bonchev–Trinajstić information content (AvgIpc) is 2.29. The molecule has 0 atom stereocenters. The Morgan fingerprint density at radius 1 is 1.47 bits per heavy atom. The molecule has 1 aromatic carbocycles. The number of benzene rings is 1. The van der Waals surface area contributed by atoms with E-state index < -0.39 is 0 Å². The van der Waals surface area contributed by atoms with Gasteiger partial charge in [0.15, 0.2) is 0 Å². The number of nitrogens with zero attached hydrogens (tertiary/aromatic N) is 1. The molecule has 0 radical (unpaired) electrons. The molecule has 0 aliphatic carbocycles. The van der Waals surface area contributed by atoms with Gasteiger partial charge < -0.3 is 20.7 Å². The van der Waals surface area contributed by atoms with Gasteiger partial charge in [-0.05, 0) is 12.1 Å². The van der Waals surface area contributed by atoms with E-state index in [1.165, 1.54) is 0 Å². The van der Waals surface area contributed by atoms with Crippen LogP contribution in [0.4, 0.5) is 11.4 Å². The molecule has 0 spiro atoms. The van der Waals surface area contributed by atoms with E-state index in [2.05, 4.69) is 5.32 Å². The second-order valence-corrected chi connectivity index (χ2v) is 3.76. The lowest BCUT2D eigenvalue weighted by Gasteiger charge is -2.20. The van der Waals surface area contributed by atoms with Gasteiger partial charge in [-0.3, -0.25) is 4.79 Å². The molecule has 0 aliphatic rings. The summed E-state index contributed by atoms with van der Waals surface area (Å²) in [5.74, 6) is -0.0483. The number of hydrogen-bond donors (Lipinski definition) is 2. The summed E-state index contributed by atoms with van der Waals surface area (Å²) in [7, 11) is 3.44. The molecular formula is C12H19N3O2. The highest BCUT2D eigenvalue weighted by atomic mass is 16.5. The second-order valence-electron chi connectivity index (χ2n) is 3.76. The molecule has 94 valence electrons. The van der Waals surface area contributed by atoms with Crippen LogP contribution in [-0.4, -0.2) is 39.8 Å². The highest BCUT2D eigenvalue weighted by Gasteiger charge is 2.08. The Balaban J connectivity index is 2.46. The fourth-order valence-electron chi connectivity index (χ4n) is 1.48. The van der Waals surface area contributed by atoms with Crippen molar-refractivity contribution in [2.75, 3.05) is 44.5 Å². The van der Waals surface area contributed by atoms with Gasteiger partial charge in [0.25, 0.3) is 0 Å². The van der Waals surface area contributed by atoms with Gasteiger partial charge in [-0.15, -0.1) is 0 Å². The van der Waals surface area contributed by atoms with E-state index in [1.54, 1.807) is 7.11 Å². The van der Waals surface area contributed by atoms with E-state index in [9.17, 15) is 4.79 Å². The summed E-state index contributed by atoms with van der Waals surface area (Å²) in [6.07, 6.45) is 0. The number of nitrogen functional groups attached to an aromatic ring is 1. The van der Waals surface area contributed by atoms with Gasteiger partial charge >= 0.3 is 0 Å². The Labute approximate surface area is 102 Å². The fraction of sp³-hybridized carbons (Fsp3) is 0.417. The van der Waals surface area contributed by atoms with Crippen molar-refractivity contribution in [2.24, 2.45) is 0 Å². The van der Waals surface area contributed by atoms with Crippen molar-refractivity contribution in [3.63, 3.8) is 0 Å². The maximum atomic E-state index is 11.6. The maximum Gasteiger partial charge on any atom is 0.239 e. The number of likely N-dealkylation sites (N-methyl/N-ethyl adjacent to an activating group) is 1. The normalized spacial score (nSPS) is 10.0. The van der Waals surface area contributed by atoms with Crippen LogP contribution >= 0.6 is 0 Å². The van der Waals surface area contributed by atoms with Crippen molar-refractivity contribution in [2.45, 2.75) is 0 Å². The number of methoxy groups -OCH3 is 1. The van der Waals surface area contributed by atoms with Crippen LogP contribution in [0.15, 0.2) is 24.3 Å². The largest absolute Gasteiger partial charge is 0.397 e. The number of rotatable bonds is 6. The monoisotopic (exact) mass is 237 g/mol. The smallest absolute Gasteiger partial charge is 0.239 e. The van der Waals surface area contributed by atoms with Crippen LogP contribution < -0.4 is 16.0 Å². The number of hydrogen-bond acceptors (Lipinski definition) is 4.